The standard InChI is InChI=1S/C15H15N3S/c1-11-10-19-15(17-11)18(2)9-12-5-3-7-14-13(12)6-4-8-16-14/h3-8,10H,9H2,1-2H3. The molecule has 2 heterocycles. The quantitative estimate of drug-likeness (QED) is 0.727. The molecule has 19 heavy (non-hydrogen) atoms. The van der Waals surface area contributed by atoms with E-state index < -0.39 is 0 Å². The fourth-order valence-corrected chi connectivity index (χ4v) is 2.91. The van der Waals surface area contributed by atoms with E-state index in [1.165, 1.54) is 10.9 Å². The minimum absolute atomic E-state index is 0.843. The summed E-state index contributed by atoms with van der Waals surface area (Å²) < 4.78 is 0. The summed E-state index contributed by atoms with van der Waals surface area (Å²) in [4.78, 5) is 11.1. The van der Waals surface area contributed by atoms with Gasteiger partial charge in [-0.1, -0.05) is 18.2 Å². The maximum absolute atomic E-state index is 4.52. The van der Waals surface area contributed by atoms with Gasteiger partial charge in [0.05, 0.1) is 11.2 Å². The number of thiazole rings is 1. The van der Waals surface area contributed by atoms with E-state index in [2.05, 4.69) is 45.5 Å². The Kier molecular flexibility index (Phi) is 3.17. The summed E-state index contributed by atoms with van der Waals surface area (Å²) in [6, 6.07) is 10.4. The summed E-state index contributed by atoms with van der Waals surface area (Å²) in [5.41, 5.74) is 3.40. The van der Waals surface area contributed by atoms with Crippen molar-refractivity contribution < 1.29 is 0 Å². The second kappa shape index (κ2) is 4.97. The number of fused-ring (bicyclic) bond motifs is 1. The molecule has 3 rings (SSSR count). The highest BCUT2D eigenvalue weighted by Gasteiger charge is 2.08. The van der Waals surface area contributed by atoms with Crippen LogP contribution in [0, 0.1) is 6.92 Å². The van der Waals surface area contributed by atoms with Crippen LogP contribution in [0.3, 0.4) is 0 Å². The predicted octanol–water partition coefficient (Wildman–Crippen LogP) is 3.64. The van der Waals surface area contributed by atoms with Crippen LogP contribution < -0.4 is 4.90 Å². The van der Waals surface area contributed by atoms with Gasteiger partial charge in [-0.25, -0.2) is 4.98 Å². The Bertz CT molecular complexity index is 700. The van der Waals surface area contributed by atoms with Crippen LogP contribution in [0.4, 0.5) is 5.13 Å². The second-order valence-electron chi connectivity index (χ2n) is 4.61. The lowest BCUT2D eigenvalue weighted by Gasteiger charge is -2.16. The maximum Gasteiger partial charge on any atom is 0.185 e. The summed E-state index contributed by atoms with van der Waals surface area (Å²) in [6.45, 7) is 2.87. The molecule has 96 valence electrons. The molecule has 4 heteroatoms. The van der Waals surface area contributed by atoms with Gasteiger partial charge in [-0.3, -0.25) is 4.98 Å². The van der Waals surface area contributed by atoms with Gasteiger partial charge in [-0.05, 0) is 24.6 Å². The lowest BCUT2D eigenvalue weighted by molar-refractivity contribution is 0.917. The molecule has 0 fully saturated rings. The van der Waals surface area contributed by atoms with E-state index >= 15 is 0 Å². The molecule has 0 amide bonds. The van der Waals surface area contributed by atoms with Crippen LogP contribution in [-0.2, 0) is 6.54 Å². The first-order valence-corrected chi connectivity index (χ1v) is 7.08. The normalized spacial score (nSPS) is 10.8. The van der Waals surface area contributed by atoms with Crippen LogP contribution >= 0.6 is 11.3 Å². The lowest BCUT2D eigenvalue weighted by Crippen LogP contribution is -2.16. The SMILES string of the molecule is Cc1csc(N(C)Cc2cccc3ncccc23)n1. The monoisotopic (exact) mass is 269 g/mol. The molecule has 0 saturated heterocycles. The molecule has 0 bridgehead atoms. The van der Waals surface area contributed by atoms with Crippen molar-refractivity contribution in [2.75, 3.05) is 11.9 Å². The molecule has 0 aliphatic carbocycles. The van der Waals surface area contributed by atoms with Crippen molar-refractivity contribution in [3.63, 3.8) is 0 Å². The summed E-state index contributed by atoms with van der Waals surface area (Å²) in [5, 5.41) is 4.35. The Morgan fingerprint density at radius 2 is 2.11 bits per heavy atom. The largest absolute Gasteiger partial charge is 0.347 e. The first-order chi connectivity index (χ1) is 9.24. The van der Waals surface area contributed by atoms with E-state index in [1.807, 2.05) is 25.3 Å². The Labute approximate surface area is 116 Å². The third kappa shape index (κ3) is 2.44. The fourth-order valence-electron chi connectivity index (χ4n) is 2.14. The molecule has 0 aliphatic rings. The average Bonchev–Trinajstić information content (AvgIpc) is 2.86. The molecule has 0 aliphatic heterocycles. The number of hydrogen-bond acceptors (Lipinski definition) is 4. The van der Waals surface area contributed by atoms with Crippen LogP contribution in [-0.4, -0.2) is 17.0 Å². The second-order valence-corrected chi connectivity index (χ2v) is 5.45. The van der Waals surface area contributed by atoms with Crippen molar-refractivity contribution in [3.05, 3.63) is 53.2 Å². The van der Waals surface area contributed by atoms with Gasteiger partial charge in [0.2, 0.25) is 0 Å². The van der Waals surface area contributed by atoms with E-state index in [4.69, 9.17) is 0 Å². The van der Waals surface area contributed by atoms with E-state index in [9.17, 15) is 0 Å². The van der Waals surface area contributed by atoms with E-state index in [-0.39, 0.29) is 0 Å². The number of aromatic nitrogens is 2. The highest BCUT2D eigenvalue weighted by atomic mass is 32.1. The van der Waals surface area contributed by atoms with Crippen molar-refractivity contribution >= 4 is 27.4 Å². The van der Waals surface area contributed by atoms with Crippen LogP contribution in [0.5, 0.6) is 0 Å². The Morgan fingerprint density at radius 1 is 1.21 bits per heavy atom. The predicted molar refractivity (Wildman–Crippen MR) is 80.7 cm³/mol. The highest BCUT2D eigenvalue weighted by Crippen LogP contribution is 2.23. The van der Waals surface area contributed by atoms with Gasteiger partial charge >= 0.3 is 0 Å². The number of hydrogen-bond donors (Lipinski definition) is 0. The van der Waals surface area contributed by atoms with Crippen LogP contribution in [0.25, 0.3) is 10.9 Å². The molecule has 0 radical (unpaired) electrons. The Morgan fingerprint density at radius 3 is 2.89 bits per heavy atom. The molecule has 0 spiro atoms. The van der Waals surface area contributed by atoms with Gasteiger partial charge in [0.1, 0.15) is 0 Å². The van der Waals surface area contributed by atoms with Gasteiger partial charge in [-0.15, -0.1) is 11.3 Å². The zero-order valence-electron chi connectivity index (χ0n) is 11.0. The zero-order chi connectivity index (χ0) is 13.2. The van der Waals surface area contributed by atoms with Crippen LogP contribution in [0.2, 0.25) is 0 Å². The molecular formula is C15H15N3S. The van der Waals surface area contributed by atoms with E-state index in [0.717, 1.165) is 22.9 Å². The van der Waals surface area contributed by atoms with E-state index in [1.54, 1.807) is 11.3 Å². The van der Waals surface area contributed by atoms with Gasteiger partial charge in [0.25, 0.3) is 0 Å². The Balaban J connectivity index is 1.93. The fraction of sp³-hybridized carbons (Fsp3) is 0.200. The minimum Gasteiger partial charge on any atom is -0.347 e. The summed E-state index contributed by atoms with van der Waals surface area (Å²) in [7, 11) is 2.08. The molecule has 0 saturated carbocycles. The topological polar surface area (TPSA) is 29.0 Å². The van der Waals surface area contributed by atoms with Gasteiger partial charge in [0, 0.05) is 30.6 Å². The number of anilines is 1. The van der Waals surface area contributed by atoms with Crippen LogP contribution in [0.1, 0.15) is 11.3 Å². The first-order valence-electron chi connectivity index (χ1n) is 6.20. The smallest absolute Gasteiger partial charge is 0.185 e. The van der Waals surface area contributed by atoms with Crippen molar-refractivity contribution in [2.45, 2.75) is 13.5 Å². The molecule has 0 atom stereocenters. The molecule has 0 unspecified atom stereocenters. The number of pyridine rings is 1. The molecule has 3 nitrogen and oxygen atoms in total. The number of benzene rings is 1. The third-order valence-electron chi connectivity index (χ3n) is 3.08. The average molecular weight is 269 g/mol. The summed E-state index contributed by atoms with van der Waals surface area (Å²) in [5.74, 6) is 0. The molecule has 3 aromatic rings. The zero-order valence-corrected chi connectivity index (χ0v) is 11.8. The van der Waals surface area contributed by atoms with Crippen molar-refractivity contribution in [2.24, 2.45) is 0 Å². The maximum atomic E-state index is 4.52. The first kappa shape index (κ1) is 12.1. The summed E-state index contributed by atoms with van der Waals surface area (Å²) in [6.07, 6.45) is 1.83. The van der Waals surface area contributed by atoms with Crippen molar-refractivity contribution in [3.8, 4) is 0 Å². The third-order valence-corrected chi connectivity index (χ3v) is 4.15. The lowest BCUT2D eigenvalue weighted by atomic mass is 10.1. The Hall–Kier alpha value is -1.94. The number of rotatable bonds is 3. The van der Waals surface area contributed by atoms with Crippen molar-refractivity contribution in [1.82, 2.24) is 9.97 Å². The summed E-state index contributed by atoms with van der Waals surface area (Å²) >= 11 is 1.68. The van der Waals surface area contributed by atoms with Crippen LogP contribution in [0.15, 0.2) is 41.9 Å². The van der Waals surface area contributed by atoms with Crippen molar-refractivity contribution in [1.29, 1.82) is 0 Å². The molecule has 2 aromatic heterocycles. The van der Waals surface area contributed by atoms with Gasteiger partial charge in [-0.2, -0.15) is 0 Å². The highest BCUT2D eigenvalue weighted by molar-refractivity contribution is 7.13. The van der Waals surface area contributed by atoms with E-state index in [0.29, 0.717) is 0 Å². The molecular weight excluding hydrogens is 254 g/mol. The van der Waals surface area contributed by atoms with Gasteiger partial charge < -0.3 is 4.90 Å². The van der Waals surface area contributed by atoms with Gasteiger partial charge in [0.15, 0.2) is 5.13 Å². The number of nitrogens with zero attached hydrogens (tertiary/aromatic N) is 3. The number of aryl methyl sites for hydroxylation is 1. The molecule has 0 N–H and O–H groups in total. The minimum atomic E-state index is 0.843. The molecule has 1 aromatic carbocycles.